The topological polar surface area (TPSA) is 64.3 Å². The number of amides is 1. The maximum Gasteiger partial charge on any atom is 0.246 e. The number of ether oxygens (including phenoxy) is 1. The number of hydrogen-bond donors (Lipinski definition) is 2. The van der Waals surface area contributed by atoms with E-state index in [1.165, 1.54) is 0 Å². The molecule has 0 radical (unpaired) electrons. The molecule has 0 aromatic rings. The Morgan fingerprint density at radius 3 is 2.53 bits per heavy atom. The van der Waals surface area contributed by atoms with Gasteiger partial charge in [-0.05, 0) is 19.8 Å². The van der Waals surface area contributed by atoms with Crippen LogP contribution in [-0.2, 0) is 9.53 Å². The van der Waals surface area contributed by atoms with E-state index in [2.05, 4.69) is 5.32 Å². The Hall–Kier alpha value is -0.320. The van der Waals surface area contributed by atoms with Crippen molar-refractivity contribution in [3.05, 3.63) is 0 Å². The van der Waals surface area contributed by atoms with Crippen molar-refractivity contribution < 1.29 is 9.53 Å². The summed E-state index contributed by atoms with van der Waals surface area (Å²) in [7, 11) is 0. The summed E-state index contributed by atoms with van der Waals surface area (Å²) in [5.41, 5.74) is 5.55. The van der Waals surface area contributed by atoms with Gasteiger partial charge in [-0.1, -0.05) is 12.8 Å². The lowest BCUT2D eigenvalue weighted by Crippen LogP contribution is -2.52. The predicted octanol–water partition coefficient (Wildman–Crippen LogP) is 0.832. The van der Waals surface area contributed by atoms with Crippen LogP contribution in [0.2, 0.25) is 0 Å². The first-order chi connectivity index (χ1) is 6.72. The molecule has 0 unspecified atom stereocenters. The average molecular weight is 237 g/mol. The quantitative estimate of drug-likeness (QED) is 0.743. The van der Waals surface area contributed by atoms with Crippen LogP contribution in [0.3, 0.4) is 0 Å². The van der Waals surface area contributed by atoms with E-state index in [1.807, 2.05) is 6.92 Å². The number of carbonyl (C=O) groups is 1. The Labute approximate surface area is 97.3 Å². The first kappa shape index (κ1) is 14.7. The van der Waals surface area contributed by atoms with Gasteiger partial charge in [-0.2, -0.15) is 0 Å². The first-order valence-electron chi connectivity index (χ1n) is 5.31. The van der Waals surface area contributed by atoms with E-state index in [9.17, 15) is 4.79 Å². The summed E-state index contributed by atoms with van der Waals surface area (Å²) in [6.45, 7) is 3.13. The summed E-state index contributed by atoms with van der Waals surface area (Å²) >= 11 is 0. The lowest BCUT2D eigenvalue weighted by molar-refractivity contribution is -0.127. The zero-order chi connectivity index (χ0) is 10.4. The zero-order valence-corrected chi connectivity index (χ0v) is 10.1. The Bertz CT molecular complexity index is 194. The monoisotopic (exact) mass is 236 g/mol. The van der Waals surface area contributed by atoms with Gasteiger partial charge >= 0.3 is 0 Å². The summed E-state index contributed by atoms with van der Waals surface area (Å²) in [5, 5.41) is 2.99. The Kier molecular flexibility index (Phi) is 6.89. The van der Waals surface area contributed by atoms with Gasteiger partial charge in [-0.3, -0.25) is 4.79 Å². The van der Waals surface area contributed by atoms with E-state index in [0.29, 0.717) is 13.2 Å². The molecule has 3 N–H and O–H groups in total. The van der Waals surface area contributed by atoms with Crippen LogP contribution in [0.5, 0.6) is 0 Å². The maximum atomic E-state index is 11.4. The lowest BCUT2D eigenvalue weighted by atomic mass is 9.98. The number of carbonyl (C=O) groups excluding carboxylic acids is 1. The normalized spacial score (nSPS) is 18.3. The van der Waals surface area contributed by atoms with E-state index < -0.39 is 0 Å². The molecule has 0 atom stereocenters. The van der Waals surface area contributed by atoms with Gasteiger partial charge in [-0.15, -0.1) is 12.4 Å². The molecular formula is C10H21ClN2O2. The molecule has 5 heteroatoms. The second-order valence-electron chi connectivity index (χ2n) is 3.88. The van der Waals surface area contributed by atoms with Gasteiger partial charge in [-0.25, -0.2) is 0 Å². The van der Waals surface area contributed by atoms with Crippen LogP contribution in [0.1, 0.15) is 32.6 Å². The molecule has 0 spiro atoms. The van der Waals surface area contributed by atoms with Gasteiger partial charge in [0.25, 0.3) is 0 Å². The van der Waals surface area contributed by atoms with Crippen LogP contribution in [0.25, 0.3) is 0 Å². The fourth-order valence-corrected chi connectivity index (χ4v) is 1.96. The summed E-state index contributed by atoms with van der Waals surface area (Å²) in [6, 6.07) is 0. The maximum absolute atomic E-state index is 11.4. The van der Waals surface area contributed by atoms with Crippen molar-refractivity contribution in [2.75, 3.05) is 19.8 Å². The molecule has 90 valence electrons. The highest BCUT2D eigenvalue weighted by atomic mass is 35.5. The average Bonchev–Trinajstić information content (AvgIpc) is 2.64. The van der Waals surface area contributed by atoms with Crippen LogP contribution >= 0.6 is 12.4 Å². The minimum Gasteiger partial charge on any atom is -0.372 e. The molecule has 1 fully saturated rings. The van der Waals surface area contributed by atoms with Gasteiger partial charge in [0, 0.05) is 13.2 Å². The molecule has 0 aromatic carbocycles. The van der Waals surface area contributed by atoms with Gasteiger partial charge in [0.05, 0.1) is 5.54 Å². The summed E-state index contributed by atoms with van der Waals surface area (Å²) < 4.78 is 5.04. The standard InChI is InChI=1S/C10H20N2O2.ClH/c1-2-14-7-9(13)12-10(8-11)5-3-4-6-10;/h2-8,11H2,1H3,(H,12,13);1H. The van der Waals surface area contributed by atoms with E-state index in [1.54, 1.807) is 0 Å². The molecule has 1 rings (SSSR count). The van der Waals surface area contributed by atoms with E-state index >= 15 is 0 Å². The van der Waals surface area contributed by atoms with Crippen LogP contribution in [0.4, 0.5) is 0 Å². The van der Waals surface area contributed by atoms with Gasteiger partial charge < -0.3 is 15.8 Å². The van der Waals surface area contributed by atoms with E-state index in [4.69, 9.17) is 10.5 Å². The molecular weight excluding hydrogens is 216 g/mol. The molecule has 4 nitrogen and oxygen atoms in total. The van der Waals surface area contributed by atoms with E-state index in [-0.39, 0.29) is 30.5 Å². The van der Waals surface area contributed by atoms with E-state index in [0.717, 1.165) is 25.7 Å². The molecule has 0 bridgehead atoms. The molecule has 1 saturated carbocycles. The third-order valence-electron chi connectivity index (χ3n) is 2.79. The van der Waals surface area contributed by atoms with Crippen molar-refractivity contribution in [1.29, 1.82) is 0 Å². The Morgan fingerprint density at radius 2 is 2.07 bits per heavy atom. The number of nitrogens with two attached hydrogens (primary N) is 1. The largest absolute Gasteiger partial charge is 0.372 e. The molecule has 0 aromatic heterocycles. The highest BCUT2D eigenvalue weighted by Crippen LogP contribution is 2.28. The third-order valence-corrected chi connectivity index (χ3v) is 2.79. The Balaban J connectivity index is 0.00000196. The van der Waals surface area contributed by atoms with Crippen molar-refractivity contribution in [2.24, 2.45) is 5.73 Å². The smallest absolute Gasteiger partial charge is 0.246 e. The van der Waals surface area contributed by atoms with Gasteiger partial charge in [0.1, 0.15) is 6.61 Å². The number of rotatable bonds is 5. The highest BCUT2D eigenvalue weighted by molar-refractivity contribution is 5.85. The number of halogens is 1. The van der Waals surface area contributed by atoms with Crippen LogP contribution < -0.4 is 11.1 Å². The van der Waals surface area contributed by atoms with Gasteiger partial charge in [0.15, 0.2) is 0 Å². The molecule has 0 aliphatic heterocycles. The van der Waals surface area contributed by atoms with Crippen LogP contribution in [-0.4, -0.2) is 31.2 Å². The summed E-state index contributed by atoms with van der Waals surface area (Å²) in [5.74, 6) is -0.0424. The number of nitrogens with one attached hydrogen (secondary N) is 1. The third kappa shape index (κ3) is 4.36. The van der Waals surface area contributed by atoms with Crippen molar-refractivity contribution in [3.63, 3.8) is 0 Å². The second-order valence-corrected chi connectivity index (χ2v) is 3.88. The van der Waals surface area contributed by atoms with Crippen molar-refractivity contribution in [3.8, 4) is 0 Å². The predicted molar refractivity (Wildman–Crippen MR) is 62.1 cm³/mol. The fourth-order valence-electron chi connectivity index (χ4n) is 1.96. The number of hydrogen-bond acceptors (Lipinski definition) is 3. The van der Waals surface area contributed by atoms with Gasteiger partial charge in [0.2, 0.25) is 5.91 Å². The van der Waals surface area contributed by atoms with Crippen LogP contribution in [0.15, 0.2) is 0 Å². The minimum absolute atomic E-state index is 0. The van der Waals surface area contributed by atoms with Crippen molar-refractivity contribution in [1.82, 2.24) is 5.32 Å². The second kappa shape index (κ2) is 7.04. The molecule has 1 aliphatic carbocycles. The SMILES string of the molecule is CCOCC(=O)NC1(CN)CCCC1.Cl. The van der Waals surface area contributed by atoms with Crippen molar-refractivity contribution in [2.45, 2.75) is 38.1 Å². The fraction of sp³-hybridized carbons (Fsp3) is 0.900. The summed E-state index contributed by atoms with van der Waals surface area (Å²) in [6.07, 6.45) is 4.32. The highest BCUT2D eigenvalue weighted by Gasteiger charge is 2.33. The molecule has 0 saturated heterocycles. The molecule has 1 aliphatic rings. The van der Waals surface area contributed by atoms with Crippen LogP contribution in [0, 0.1) is 0 Å². The van der Waals surface area contributed by atoms with Crippen molar-refractivity contribution >= 4 is 18.3 Å². The minimum atomic E-state index is -0.145. The Morgan fingerprint density at radius 1 is 1.47 bits per heavy atom. The lowest BCUT2D eigenvalue weighted by Gasteiger charge is -2.28. The molecule has 1 amide bonds. The first-order valence-corrected chi connectivity index (χ1v) is 5.31. The molecule has 0 heterocycles. The zero-order valence-electron chi connectivity index (χ0n) is 9.25. The molecule has 15 heavy (non-hydrogen) atoms. The summed E-state index contributed by atoms with van der Waals surface area (Å²) in [4.78, 5) is 11.4.